The fraction of sp³-hybridized carbons (Fsp3) is 0.222. The van der Waals surface area contributed by atoms with Crippen LogP contribution in [0.15, 0.2) is 12.1 Å². The minimum absolute atomic E-state index is 0.432. The number of hydrogen-bond donors (Lipinski definition) is 1. The summed E-state index contributed by atoms with van der Waals surface area (Å²) in [6, 6.07) is 0.944. The van der Waals surface area contributed by atoms with Gasteiger partial charge in [0.05, 0.1) is 11.0 Å². The molecule has 1 rings (SSSR count). The van der Waals surface area contributed by atoms with Gasteiger partial charge in [-0.3, -0.25) is 14.9 Å². The van der Waals surface area contributed by atoms with E-state index in [0.29, 0.717) is 12.1 Å². The minimum atomic E-state index is -1.23. The van der Waals surface area contributed by atoms with E-state index in [9.17, 15) is 23.7 Å². The summed E-state index contributed by atoms with van der Waals surface area (Å²) in [7, 11) is 0. The number of rotatable bonds is 3. The van der Waals surface area contributed by atoms with Crippen molar-refractivity contribution in [3.8, 4) is 0 Å². The van der Waals surface area contributed by atoms with E-state index >= 15 is 0 Å². The number of nitro groups is 1. The normalized spacial score (nSPS) is 12.0. The van der Waals surface area contributed by atoms with Crippen molar-refractivity contribution < 1.29 is 18.5 Å². The maximum atomic E-state index is 13.3. The monoisotopic (exact) mass is 264 g/mol. The highest BCUT2D eigenvalue weighted by Gasteiger charge is 2.23. The minimum Gasteiger partial charge on any atom is -0.317 e. The molecule has 5 nitrogen and oxygen atoms in total. The third kappa shape index (κ3) is 3.10. The van der Waals surface area contributed by atoms with Gasteiger partial charge in [-0.1, -0.05) is 0 Å². The van der Waals surface area contributed by atoms with Crippen LogP contribution in [0.25, 0.3) is 0 Å². The number of amides is 1. The Balaban J connectivity index is 3.22. The molecule has 0 fully saturated rings. The Morgan fingerprint density at radius 1 is 1.53 bits per heavy atom. The molecule has 8 heteroatoms. The summed E-state index contributed by atoms with van der Waals surface area (Å²) in [6.45, 7) is 1.31. The Morgan fingerprint density at radius 2 is 2.12 bits per heavy atom. The third-order valence-electron chi connectivity index (χ3n) is 1.84. The number of nitro benzene ring substituents is 1. The third-order valence-corrected chi connectivity index (χ3v) is 2.04. The highest BCUT2D eigenvalue weighted by molar-refractivity contribution is 6.32. The molecule has 0 bridgehead atoms. The van der Waals surface area contributed by atoms with Gasteiger partial charge in [0.25, 0.3) is 5.69 Å². The van der Waals surface area contributed by atoms with Gasteiger partial charge < -0.3 is 5.32 Å². The molecular weight excluding hydrogens is 258 g/mol. The second-order valence-corrected chi connectivity index (χ2v) is 3.80. The molecule has 92 valence electrons. The van der Waals surface area contributed by atoms with Crippen LogP contribution in [0.4, 0.5) is 20.2 Å². The van der Waals surface area contributed by atoms with E-state index in [2.05, 4.69) is 0 Å². The van der Waals surface area contributed by atoms with Crippen molar-refractivity contribution >= 4 is 28.9 Å². The SMILES string of the molecule is CC(Cl)C(=O)Nc1c(F)cc(F)cc1[N+](=O)[O-]. The number of carbonyl (C=O) groups excluding carboxylic acids is 1. The van der Waals surface area contributed by atoms with Crippen molar-refractivity contribution in [2.24, 2.45) is 0 Å². The van der Waals surface area contributed by atoms with Gasteiger partial charge in [0.1, 0.15) is 11.2 Å². The van der Waals surface area contributed by atoms with E-state index in [1.807, 2.05) is 5.32 Å². The van der Waals surface area contributed by atoms with Crippen LogP contribution in [0, 0.1) is 21.7 Å². The van der Waals surface area contributed by atoms with Crippen LogP contribution in [0.1, 0.15) is 6.92 Å². The van der Waals surface area contributed by atoms with Crippen molar-refractivity contribution in [3.63, 3.8) is 0 Å². The summed E-state index contributed by atoms with van der Waals surface area (Å²) in [4.78, 5) is 20.8. The summed E-state index contributed by atoms with van der Waals surface area (Å²) in [5, 5.41) is 11.5. The van der Waals surface area contributed by atoms with E-state index < -0.39 is 39.2 Å². The Morgan fingerprint density at radius 3 is 2.59 bits per heavy atom. The molecule has 0 saturated carbocycles. The van der Waals surface area contributed by atoms with Gasteiger partial charge in [0.15, 0.2) is 11.5 Å². The number of alkyl halides is 1. The fourth-order valence-electron chi connectivity index (χ4n) is 1.05. The molecule has 0 spiro atoms. The highest BCUT2D eigenvalue weighted by Crippen LogP contribution is 2.28. The van der Waals surface area contributed by atoms with E-state index in [-0.39, 0.29) is 0 Å². The number of nitrogens with one attached hydrogen (secondary N) is 1. The summed E-state index contributed by atoms with van der Waals surface area (Å²) in [6.07, 6.45) is 0. The summed E-state index contributed by atoms with van der Waals surface area (Å²) in [5.41, 5.74) is -1.57. The lowest BCUT2D eigenvalue weighted by Gasteiger charge is -2.08. The predicted octanol–water partition coefficient (Wildman–Crippen LogP) is 2.44. The first-order valence-electron chi connectivity index (χ1n) is 4.41. The largest absolute Gasteiger partial charge is 0.317 e. The lowest BCUT2D eigenvalue weighted by molar-refractivity contribution is -0.384. The Labute approximate surface area is 99.5 Å². The van der Waals surface area contributed by atoms with Crippen molar-refractivity contribution in [2.45, 2.75) is 12.3 Å². The molecule has 0 radical (unpaired) electrons. The molecule has 17 heavy (non-hydrogen) atoms. The van der Waals surface area contributed by atoms with Gasteiger partial charge >= 0.3 is 0 Å². The standard InChI is InChI=1S/C9H7ClF2N2O3/c1-4(10)9(15)13-8-6(12)2-5(11)3-7(8)14(16)17/h2-4H,1H3,(H,13,15). The average molecular weight is 265 g/mol. The van der Waals surface area contributed by atoms with Gasteiger partial charge in [0, 0.05) is 6.07 Å². The molecule has 0 aliphatic carbocycles. The van der Waals surface area contributed by atoms with Crippen LogP contribution in [0.2, 0.25) is 0 Å². The number of carbonyl (C=O) groups is 1. The highest BCUT2D eigenvalue weighted by atomic mass is 35.5. The van der Waals surface area contributed by atoms with Crippen molar-refractivity contribution in [3.05, 3.63) is 33.9 Å². The maximum Gasteiger partial charge on any atom is 0.298 e. The molecule has 1 aromatic carbocycles. The molecule has 1 unspecified atom stereocenters. The molecule has 1 aromatic rings. The molecule has 1 N–H and O–H groups in total. The van der Waals surface area contributed by atoms with E-state index in [4.69, 9.17) is 11.6 Å². The topological polar surface area (TPSA) is 72.2 Å². The van der Waals surface area contributed by atoms with Crippen molar-refractivity contribution in [2.75, 3.05) is 5.32 Å². The molecule has 1 amide bonds. The van der Waals surface area contributed by atoms with Gasteiger partial charge in [-0.25, -0.2) is 8.78 Å². The van der Waals surface area contributed by atoms with Crippen LogP contribution in [0.5, 0.6) is 0 Å². The first-order valence-corrected chi connectivity index (χ1v) is 4.85. The van der Waals surface area contributed by atoms with Gasteiger partial charge in [0.2, 0.25) is 5.91 Å². The predicted molar refractivity (Wildman–Crippen MR) is 57.0 cm³/mol. The Bertz CT molecular complexity index is 480. The smallest absolute Gasteiger partial charge is 0.298 e. The zero-order chi connectivity index (χ0) is 13.2. The number of anilines is 1. The quantitative estimate of drug-likeness (QED) is 0.518. The van der Waals surface area contributed by atoms with Crippen LogP contribution in [0.3, 0.4) is 0 Å². The maximum absolute atomic E-state index is 13.3. The number of nitrogens with zero attached hydrogens (tertiary/aromatic N) is 1. The lowest BCUT2D eigenvalue weighted by Crippen LogP contribution is -2.21. The zero-order valence-corrected chi connectivity index (χ0v) is 9.29. The number of hydrogen-bond acceptors (Lipinski definition) is 3. The van der Waals surface area contributed by atoms with Crippen LogP contribution in [-0.2, 0) is 4.79 Å². The van der Waals surface area contributed by atoms with Gasteiger partial charge in [-0.05, 0) is 6.92 Å². The van der Waals surface area contributed by atoms with E-state index in [1.165, 1.54) is 6.92 Å². The molecule has 0 aliphatic heterocycles. The molecule has 0 saturated heterocycles. The zero-order valence-electron chi connectivity index (χ0n) is 8.54. The summed E-state index contributed by atoms with van der Waals surface area (Å²) in [5.74, 6) is -3.16. The number of benzene rings is 1. The van der Waals surface area contributed by atoms with Gasteiger partial charge in [-0.2, -0.15) is 0 Å². The molecule has 1 atom stereocenters. The van der Waals surface area contributed by atoms with Gasteiger partial charge in [-0.15, -0.1) is 11.6 Å². The summed E-state index contributed by atoms with van der Waals surface area (Å²) < 4.78 is 26.1. The van der Waals surface area contributed by atoms with E-state index in [1.54, 1.807) is 0 Å². The van der Waals surface area contributed by atoms with Crippen molar-refractivity contribution in [1.82, 2.24) is 0 Å². The first kappa shape index (κ1) is 13.3. The second kappa shape index (κ2) is 5.05. The van der Waals surface area contributed by atoms with Crippen LogP contribution >= 0.6 is 11.6 Å². The van der Waals surface area contributed by atoms with E-state index in [0.717, 1.165) is 0 Å². The molecule has 0 aromatic heterocycles. The Hall–Kier alpha value is -1.76. The van der Waals surface area contributed by atoms with Crippen molar-refractivity contribution in [1.29, 1.82) is 0 Å². The molecule has 0 aliphatic rings. The number of halogens is 3. The second-order valence-electron chi connectivity index (χ2n) is 3.14. The fourth-order valence-corrected chi connectivity index (χ4v) is 1.10. The molecule has 0 heterocycles. The van der Waals surface area contributed by atoms with Crippen LogP contribution in [-0.4, -0.2) is 16.2 Å². The molecular formula is C9H7ClF2N2O3. The average Bonchev–Trinajstić information content (AvgIpc) is 2.20. The summed E-state index contributed by atoms with van der Waals surface area (Å²) >= 11 is 5.42. The lowest BCUT2D eigenvalue weighted by atomic mass is 10.2. The Kier molecular flexibility index (Phi) is 3.95. The van der Waals surface area contributed by atoms with Crippen LogP contribution < -0.4 is 5.32 Å². The first-order chi connectivity index (χ1) is 7.82.